The van der Waals surface area contributed by atoms with Crippen LogP contribution in [-0.4, -0.2) is 16.9 Å². The number of benzene rings is 2. The van der Waals surface area contributed by atoms with E-state index in [1.807, 2.05) is 55.6 Å². The molecule has 0 bridgehead atoms. The molecule has 130 valence electrons. The van der Waals surface area contributed by atoms with Gasteiger partial charge in [0.1, 0.15) is 0 Å². The van der Waals surface area contributed by atoms with E-state index in [1.54, 1.807) is 0 Å². The predicted molar refractivity (Wildman–Crippen MR) is 104 cm³/mol. The SMILES string of the molecule is CC[C@@H](C)NC(=O)C[C@@H](c1ccccc1Cl)c1c[nH]c2ccccc12. The highest BCUT2D eigenvalue weighted by Gasteiger charge is 2.23. The number of halogens is 1. The number of aromatic amines is 1. The van der Waals surface area contributed by atoms with Gasteiger partial charge < -0.3 is 10.3 Å². The summed E-state index contributed by atoms with van der Waals surface area (Å²) in [6.07, 6.45) is 3.28. The van der Waals surface area contributed by atoms with E-state index < -0.39 is 0 Å². The first kappa shape index (κ1) is 17.6. The van der Waals surface area contributed by atoms with E-state index in [0.717, 1.165) is 28.5 Å². The third-order valence-electron chi connectivity index (χ3n) is 4.69. The first-order chi connectivity index (χ1) is 12.1. The second-order valence-electron chi connectivity index (χ2n) is 6.44. The Morgan fingerprint density at radius 1 is 1.12 bits per heavy atom. The van der Waals surface area contributed by atoms with Gasteiger partial charge in [-0.2, -0.15) is 0 Å². The van der Waals surface area contributed by atoms with Crippen molar-refractivity contribution in [1.29, 1.82) is 0 Å². The normalized spacial score (nSPS) is 13.6. The minimum atomic E-state index is -0.0890. The lowest BCUT2D eigenvalue weighted by atomic mass is 9.88. The molecule has 2 atom stereocenters. The first-order valence-corrected chi connectivity index (χ1v) is 9.07. The highest BCUT2D eigenvalue weighted by Crippen LogP contribution is 2.36. The van der Waals surface area contributed by atoms with Gasteiger partial charge in [-0.15, -0.1) is 0 Å². The molecule has 0 radical (unpaired) electrons. The van der Waals surface area contributed by atoms with Gasteiger partial charge >= 0.3 is 0 Å². The van der Waals surface area contributed by atoms with Crippen molar-refractivity contribution in [2.75, 3.05) is 0 Å². The fourth-order valence-corrected chi connectivity index (χ4v) is 3.42. The van der Waals surface area contributed by atoms with Crippen molar-refractivity contribution in [2.24, 2.45) is 0 Å². The fraction of sp³-hybridized carbons (Fsp3) is 0.286. The van der Waals surface area contributed by atoms with Gasteiger partial charge in [0.15, 0.2) is 0 Å². The number of nitrogens with one attached hydrogen (secondary N) is 2. The molecular formula is C21H23ClN2O. The van der Waals surface area contributed by atoms with Crippen LogP contribution in [0.5, 0.6) is 0 Å². The van der Waals surface area contributed by atoms with Crippen molar-refractivity contribution >= 4 is 28.4 Å². The molecule has 0 aliphatic rings. The number of hydrogen-bond acceptors (Lipinski definition) is 1. The number of para-hydroxylation sites is 1. The smallest absolute Gasteiger partial charge is 0.221 e. The second kappa shape index (κ2) is 7.75. The van der Waals surface area contributed by atoms with Crippen LogP contribution in [0.3, 0.4) is 0 Å². The maximum atomic E-state index is 12.6. The molecule has 2 aromatic carbocycles. The highest BCUT2D eigenvalue weighted by molar-refractivity contribution is 6.31. The molecule has 0 aliphatic carbocycles. The predicted octanol–water partition coefficient (Wildman–Crippen LogP) is 5.26. The summed E-state index contributed by atoms with van der Waals surface area (Å²) in [7, 11) is 0. The lowest BCUT2D eigenvalue weighted by Gasteiger charge is -2.20. The van der Waals surface area contributed by atoms with Gasteiger partial charge in [-0.05, 0) is 36.6 Å². The van der Waals surface area contributed by atoms with E-state index in [2.05, 4.69) is 23.3 Å². The van der Waals surface area contributed by atoms with Crippen LogP contribution in [0.25, 0.3) is 10.9 Å². The van der Waals surface area contributed by atoms with Crippen LogP contribution in [0, 0.1) is 0 Å². The van der Waals surface area contributed by atoms with Crippen molar-refractivity contribution in [3.8, 4) is 0 Å². The quantitative estimate of drug-likeness (QED) is 0.623. The van der Waals surface area contributed by atoms with Gasteiger partial charge in [0, 0.05) is 40.5 Å². The molecule has 3 rings (SSSR count). The molecule has 1 amide bonds. The van der Waals surface area contributed by atoms with E-state index in [4.69, 9.17) is 11.6 Å². The Labute approximate surface area is 153 Å². The second-order valence-corrected chi connectivity index (χ2v) is 6.85. The lowest BCUT2D eigenvalue weighted by Crippen LogP contribution is -2.33. The summed E-state index contributed by atoms with van der Waals surface area (Å²) in [5.41, 5.74) is 3.15. The van der Waals surface area contributed by atoms with Gasteiger partial charge in [0.05, 0.1) is 0 Å². The van der Waals surface area contributed by atoms with Crippen LogP contribution >= 0.6 is 11.6 Å². The van der Waals surface area contributed by atoms with Crippen LogP contribution in [0.4, 0.5) is 0 Å². The molecule has 1 aromatic heterocycles. The number of H-pyrrole nitrogens is 1. The van der Waals surface area contributed by atoms with Gasteiger partial charge in [0.25, 0.3) is 0 Å². The number of amides is 1. The largest absolute Gasteiger partial charge is 0.361 e. The first-order valence-electron chi connectivity index (χ1n) is 8.70. The summed E-state index contributed by atoms with van der Waals surface area (Å²) >= 11 is 6.46. The Kier molecular flexibility index (Phi) is 5.44. The van der Waals surface area contributed by atoms with E-state index in [9.17, 15) is 4.79 Å². The summed E-state index contributed by atoms with van der Waals surface area (Å²) in [6, 6.07) is 16.1. The zero-order chi connectivity index (χ0) is 17.8. The van der Waals surface area contributed by atoms with Gasteiger partial charge in [-0.1, -0.05) is 54.9 Å². The molecule has 25 heavy (non-hydrogen) atoms. The third-order valence-corrected chi connectivity index (χ3v) is 5.03. The highest BCUT2D eigenvalue weighted by atomic mass is 35.5. The summed E-state index contributed by atoms with van der Waals surface area (Å²) in [5.74, 6) is -0.0431. The lowest BCUT2D eigenvalue weighted by molar-refractivity contribution is -0.121. The number of carbonyl (C=O) groups excluding carboxylic acids is 1. The van der Waals surface area contributed by atoms with Crippen LogP contribution in [0.1, 0.15) is 43.7 Å². The molecule has 0 saturated carbocycles. The average Bonchev–Trinajstić information content (AvgIpc) is 3.04. The summed E-state index contributed by atoms with van der Waals surface area (Å²) < 4.78 is 0. The molecule has 3 nitrogen and oxygen atoms in total. The molecule has 4 heteroatoms. The molecule has 0 aliphatic heterocycles. The molecule has 0 saturated heterocycles. The summed E-state index contributed by atoms with van der Waals surface area (Å²) in [4.78, 5) is 15.9. The van der Waals surface area contributed by atoms with E-state index in [0.29, 0.717) is 11.4 Å². The van der Waals surface area contributed by atoms with Crippen LogP contribution in [-0.2, 0) is 4.79 Å². The van der Waals surface area contributed by atoms with Crippen LogP contribution < -0.4 is 5.32 Å². The van der Waals surface area contributed by atoms with Crippen molar-refractivity contribution in [1.82, 2.24) is 10.3 Å². The molecule has 0 unspecified atom stereocenters. The zero-order valence-corrected chi connectivity index (χ0v) is 15.3. The van der Waals surface area contributed by atoms with Crippen LogP contribution in [0.2, 0.25) is 5.02 Å². The Morgan fingerprint density at radius 3 is 2.60 bits per heavy atom. The van der Waals surface area contributed by atoms with E-state index in [1.165, 1.54) is 0 Å². The molecule has 0 spiro atoms. The minimum Gasteiger partial charge on any atom is -0.361 e. The molecule has 2 N–H and O–H groups in total. The molecule has 1 heterocycles. The van der Waals surface area contributed by atoms with Gasteiger partial charge in [-0.25, -0.2) is 0 Å². The van der Waals surface area contributed by atoms with Gasteiger partial charge in [0.2, 0.25) is 5.91 Å². The van der Waals surface area contributed by atoms with E-state index in [-0.39, 0.29) is 17.9 Å². The maximum Gasteiger partial charge on any atom is 0.221 e. The molecule has 3 aromatic rings. The Balaban J connectivity index is 2.01. The Hall–Kier alpha value is -2.26. The van der Waals surface area contributed by atoms with Crippen molar-refractivity contribution in [3.63, 3.8) is 0 Å². The van der Waals surface area contributed by atoms with E-state index >= 15 is 0 Å². The monoisotopic (exact) mass is 354 g/mol. The summed E-state index contributed by atoms with van der Waals surface area (Å²) in [5, 5.41) is 4.88. The zero-order valence-electron chi connectivity index (χ0n) is 14.6. The molecule has 0 fully saturated rings. The Morgan fingerprint density at radius 2 is 1.84 bits per heavy atom. The fourth-order valence-electron chi connectivity index (χ4n) is 3.15. The van der Waals surface area contributed by atoms with Crippen molar-refractivity contribution in [3.05, 3.63) is 70.9 Å². The summed E-state index contributed by atoms with van der Waals surface area (Å²) in [6.45, 7) is 4.09. The number of aromatic nitrogens is 1. The minimum absolute atomic E-state index is 0.0459. The van der Waals surface area contributed by atoms with Crippen molar-refractivity contribution in [2.45, 2.75) is 38.6 Å². The molecular weight excluding hydrogens is 332 g/mol. The standard InChI is InChI=1S/C21H23ClN2O/c1-3-14(2)24-21(25)12-17(15-8-4-6-10-19(15)22)18-13-23-20-11-7-5-9-16(18)20/h4-11,13-14,17,23H,3,12H2,1-2H3,(H,24,25)/t14-,17+/m1/s1. The number of hydrogen-bond donors (Lipinski definition) is 2. The van der Waals surface area contributed by atoms with Crippen LogP contribution in [0.15, 0.2) is 54.7 Å². The van der Waals surface area contributed by atoms with Gasteiger partial charge in [-0.3, -0.25) is 4.79 Å². The van der Waals surface area contributed by atoms with Crippen molar-refractivity contribution < 1.29 is 4.79 Å². The number of carbonyl (C=O) groups is 1. The number of rotatable bonds is 6. The third kappa shape index (κ3) is 3.88. The topological polar surface area (TPSA) is 44.9 Å². The Bertz CT molecular complexity index is 871. The maximum absolute atomic E-state index is 12.6. The average molecular weight is 355 g/mol. The number of fused-ring (bicyclic) bond motifs is 1.